The van der Waals surface area contributed by atoms with E-state index in [-0.39, 0.29) is 17.8 Å². The summed E-state index contributed by atoms with van der Waals surface area (Å²) in [5.74, 6) is 0.364. The summed E-state index contributed by atoms with van der Waals surface area (Å²) in [5, 5.41) is 0. The van der Waals surface area contributed by atoms with Gasteiger partial charge >= 0.3 is 0 Å². The van der Waals surface area contributed by atoms with Crippen molar-refractivity contribution in [3.8, 4) is 0 Å². The van der Waals surface area contributed by atoms with E-state index in [9.17, 15) is 14.0 Å². The van der Waals surface area contributed by atoms with E-state index in [2.05, 4.69) is 16.7 Å². The number of nitrogens with zero attached hydrogens (tertiary/aromatic N) is 3. The van der Waals surface area contributed by atoms with Gasteiger partial charge in [0.2, 0.25) is 5.91 Å². The third-order valence-corrected chi connectivity index (χ3v) is 7.27. The molecule has 6 heteroatoms. The highest BCUT2D eigenvalue weighted by Gasteiger charge is 2.40. The summed E-state index contributed by atoms with van der Waals surface area (Å²) in [5.41, 5.74) is 0.524. The van der Waals surface area contributed by atoms with Crippen LogP contribution in [0.5, 0.6) is 0 Å². The molecule has 2 saturated heterocycles. The van der Waals surface area contributed by atoms with Crippen molar-refractivity contribution in [1.82, 2.24) is 14.7 Å². The van der Waals surface area contributed by atoms with Gasteiger partial charge in [0.15, 0.2) is 0 Å². The zero-order chi connectivity index (χ0) is 21.1. The normalized spacial score (nSPS) is 24.8. The minimum absolute atomic E-state index is 0.0453. The smallest absolute Gasteiger partial charge is 0.253 e. The average Bonchev–Trinajstić information content (AvgIpc) is 3.29. The molecule has 2 heterocycles. The summed E-state index contributed by atoms with van der Waals surface area (Å²) in [4.78, 5) is 32.7. The van der Waals surface area contributed by atoms with Crippen molar-refractivity contribution in [1.29, 1.82) is 0 Å². The highest BCUT2D eigenvalue weighted by atomic mass is 19.1. The van der Waals surface area contributed by atoms with E-state index >= 15 is 0 Å². The molecule has 3 aliphatic rings. The molecule has 5 nitrogen and oxygen atoms in total. The fourth-order valence-corrected chi connectivity index (χ4v) is 5.50. The van der Waals surface area contributed by atoms with Gasteiger partial charge in [-0.3, -0.25) is 14.5 Å². The van der Waals surface area contributed by atoms with Gasteiger partial charge in [-0.15, -0.1) is 0 Å². The van der Waals surface area contributed by atoms with Gasteiger partial charge in [-0.05, 0) is 69.2 Å². The van der Waals surface area contributed by atoms with Gasteiger partial charge in [0.1, 0.15) is 5.82 Å². The number of rotatable bonds is 4. The van der Waals surface area contributed by atoms with E-state index in [0.717, 1.165) is 45.3 Å². The van der Waals surface area contributed by atoms with Crippen LogP contribution in [-0.2, 0) is 4.79 Å². The van der Waals surface area contributed by atoms with E-state index in [0.29, 0.717) is 36.5 Å². The molecule has 1 aromatic rings. The molecule has 3 fully saturated rings. The monoisotopic (exact) mass is 415 g/mol. The third kappa shape index (κ3) is 4.53. The molecular weight excluding hydrogens is 381 g/mol. The fraction of sp³-hybridized carbons (Fsp3) is 0.667. The number of carbonyl (C=O) groups is 2. The maximum absolute atomic E-state index is 13.6. The van der Waals surface area contributed by atoms with Crippen molar-refractivity contribution >= 4 is 11.8 Å². The molecule has 30 heavy (non-hydrogen) atoms. The van der Waals surface area contributed by atoms with Crippen LogP contribution in [0.1, 0.15) is 62.2 Å². The molecule has 4 rings (SSSR count). The Morgan fingerprint density at radius 2 is 1.53 bits per heavy atom. The van der Waals surface area contributed by atoms with E-state index in [1.54, 1.807) is 12.1 Å². The van der Waals surface area contributed by atoms with Crippen molar-refractivity contribution in [3.63, 3.8) is 0 Å². The second-order valence-corrected chi connectivity index (χ2v) is 9.20. The van der Waals surface area contributed by atoms with Crippen LogP contribution in [0.25, 0.3) is 0 Å². The van der Waals surface area contributed by atoms with Crippen LogP contribution in [0, 0.1) is 11.7 Å². The first-order valence-electron chi connectivity index (χ1n) is 11.6. The van der Waals surface area contributed by atoms with Crippen LogP contribution >= 0.6 is 0 Å². The highest BCUT2D eigenvalue weighted by molar-refractivity contribution is 5.94. The van der Waals surface area contributed by atoms with Crippen LogP contribution in [0.15, 0.2) is 24.3 Å². The maximum Gasteiger partial charge on any atom is 0.253 e. The number of amides is 2. The Labute approximate surface area is 179 Å². The van der Waals surface area contributed by atoms with E-state index in [1.165, 1.54) is 31.4 Å². The Hall–Kier alpha value is -1.95. The molecule has 1 aliphatic carbocycles. The van der Waals surface area contributed by atoms with Gasteiger partial charge in [0.05, 0.1) is 6.04 Å². The minimum atomic E-state index is -0.332. The molecule has 0 bridgehead atoms. The Bertz CT molecular complexity index is 739. The van der Waals surface area contributed by atoms with Crippen molar-refractivity contribution in [2.24, 2.45) is 5.92 Å². The summed E-state index contributed by atoms with van der Waals surface area (Å²) in [6.07, 6.45) is 8.11. The number of carbonyl (C=O) groups excluding carboxylic acids is 2. The summed E-state index contributed by atoms with van der Waals surface area (Å²) >= 11 is 0. The first kappa shape index (κ1) is 21.3. The number of hydrogen-bond donors (Lipinski definition) is 0. The van der Waals surface area contributed by atoms with Crippen LogP contribution in [0.2, 0.25) is 0 Å². The van der Waals surface area contributed by atoms with Crippen molar-refractivity contribution in [3.05, 3.63) is 35.6 Å². The van der Waals surface area contributed by atoms with Crippen molar-refractivity contribution < 1.29 is 14.0 Å². The zero-order valence-corrected chi connectivity index (χ0v) is 18.1. The molecule has 1 saturated carbocycles. The molecule has 1 aromatic carbocycles. The van der Waals surface area contributed by atoms with E-state index in [4.69, 9.17) is 0 Å². The molecule has 0 aromatic heterocycles. The molecule has 0 spiro atoms. The molecule has 2 aliphatic heterocycles. The van der Waals surface area contributed by atoms with Crippen LogP contribution in [-0.4, -0.2) is 71.3 Å². The molecule has 2 atom stereocenters. The zero-order valence-electron chi connectivity index (χ0n) is 18.1. The first-order chi connectivity index (χ1) is 14.5. The summed E-state index contributed by atoms with van der Waals surface area (Å²) in [7, 11) is 0. The summed E-state index contributed by atoms with van der Waals surface area (Å²) in [6.45, 7) is 5.74. The molecule has 0 radical (unpaired) electrons. The second kappa shape index (κ2) is 9.46. The molecular formula is C24H34FN3O2. The molecule has 2 amide bonds. The SMILES string of the molecule is C[C@@H]1CCCCN1C(=O)[C@@H](C1CCCC1)N1CCN(C(=O)c2ccc(F)cc2)CC1. The lowest BCUT2D eigenvalue weighted by molar-refractivity contribution is -0.143. The maximum atomic E-state index is 13.6. The van der Waals surface area contributed by atoms with Crippen LogP contribution < -0.4 is 0 Å². The van der Waals surface area contributed by atoms with Gasteiger partial charge in [-0.25, -0.2) is 4.39 Å². The minimum Gasteiger partial charge on any atom is -0.339 e. The predicted octanol–water partition coefficient (Wildman–Crippen LogP) is 3.54. The van der Waals surface area contributed by atoms with Crippen molar-refractivity contribution in [2.45, 2.75) is 64.0 Å². The number of piperidine rings is 1. The lowest BCUT2D eigenvalue weighted by Crippen LogP contribution is -2.60. The largest absolute Gasteiger partial charge is 0.339 e. The van der Waals surface area contributed by atoms with Gasteiger partial charge in [-0.1, -0.05) is 12.8 Å². The number of halogens is 1. The Morgan fingerprint density at radius 3 is 2.17 bits per heavy atom. The van der Waals surface area contributed by atoms with Crippen LogP contribution in [0.4, 0.5) is 4.39 Å². The number of piperazine rings is 1. The molecule has 0 unspecified atom stereocenters. The first-order valence-corrected chi connectivity index (χ1v) is 11.6. The third-order valence-electron chi connectivity index (χ3n) is 7.27. The Morgan fingerprint density at radius 1 is 0.900 bits per heavy atom. The van der Waals surface area contributed by atoms with Gasteiger partial charge in [-0.2, -0.15) is 0 Å². The Balaban J connectivity index is 1.43. The number of benzene rings is 1. The summed E-state index contributed by atoms with van der Waals surface area (Å²) in [6, 6.07) is 6.04. The van der Waals surface area contributed by atoms with Gasteiger partial charge < -0.3 is 9.80 Å². The average molecular weight is 416 g/mol. The fourth-order valence-electron chi connectivity index (χ4n) is 5.50. The summed E-state index contributed by atoms with van der Waals surface area (Å²) < 4.78 is 13.2. The van der Waals surface area contributed by atoms with Crippen LogP contribution in [0.3, 0.4) is 0 Å². The lowest BCUT2D eigenvalue weighted by atomic mass is 9.92. The number of hydrogen-bond acceptors (Lipinski definition) is 3. The lowest BCUT2D eigenvalue weighted by Gasteiger charge is -2.44. The van der Waals surface area contributed by atoms with E-state index < -0.39 is 0 Å². The highest BCUT2D eigenvalue weighted by Crippen LogP contribution is 2.33. The van der Waals surface area contributed by atoms with Gasteiger partial charge in [0.25, 0.3) is 5.91 Å². The van der Waals surface area contributed by atoms with Gasteiger partial charge in [0, 0.05) is 44.3 Å². The standard InChI is InChI=1S/C24H34FN3O2/c1-18-6-4-5-13-28(18)24(30)22(19-7-2-3-8-19)26-14-16-27(17-15-26)23(29)20-9-11-21(25)12-10-20/h9-12,18-19,22H,2-8,13-17H2,1H3/t18-,22-/m1/s1. The second-order valence-electron chi connectivity index (χ2n) is 9.20. The molecule has 164 valence electrons. The topological polar surface area (TPSA) is 43.9 Å². The quantitative estimate of drug-likeness (QED) is 0.756. The Kier molecular flexibility index (Phi) is 6.71. The van der Waals surface area contributed by atoms with Crippen molar-refractivity contribution in [2.75, 3.05) is 32.7 Å². The molecule has 0 N–H and O–H groups in total. The number of likely N-dealkylation sites (tertiary alicyclic amines) is 1. The predicted molar refractivity (Wildman–Crippen MR) is 115 cm³/mol. The van der Waals surface area contributed by atoms with E-state index in [1.807, 2.05) is 4.90 Å².